The number of hydrogen-bond donors (Lipinski definition) is 2. The summed E-state index contributed by atoms with van der Waals surface area (Å²) in [6.45, 7) is 0.249. The van der Waals surface area contributed by atoms with Crippen LogP contribution in [0.5, 0.6) is 5.75 Å². The van der Waals surface area contributed by atoms with Crippen molar-refractivity contribution in [1.82, 2.24) is 0 Å². The number of nitriles is 1. The molecule has 2 rings (SSSR count). The lowest BCUT2D eigenvalue weighted by atomic mass is 10.2. The van der Waals surface area contributed by atoms with Crippen LogP contribution in [0, 0.1) is 11.3 Å². The van der Waals surface area contributed by atoms with E-state index in [1.807, 2.05) is 30.3 Å². The standard InChI is InChI=1S/C18H17N3O3/c19-12-10-17(22)20-15-8-4-5-9-16(15)21-18(23)11-13-24-14-6-2-1-3-7-14/h1-9H,10-11,13H2,(H,20,22)(H,21,23). The molecule has 0 saturated carbocycles. The highest BCUT2D eigenvalue weighted by molar-refractivity contribution is 5.99. The summed E-state index contributed by atoms with van der Waals surface area (Å²) in [5, 5.41) is 13.8. The van der Waals surface area contributed by atoms with E-state index >= 15 is 0 Å². The first kappa shape index (κ1) is 17.0. The molecule has 0 aliphatic heterocycles. The van der Waals surface area contributed by atoms with Gasteiger partial charge in [0.1, 0.15) is 12.2 Å². The van der Waals surface area contributed by atoms with Crippen LogP contribution in [0.25, 0.3) is 0 Å². The predicted octanol–water partition coefficient (Wildman–Crippen LogP) is 2.95. The Labute approximate surface area is 140 Å². The van der Waals surface area contributed by atoms with Crippen LogP contribution in [-0.4, -0.2) is 18.4 Å². The third kappa shape index (κ3) is 5.46. The Bertz CT molecular complexity index is 739. The van der Waals surface area contributed by atoms with Gasteiger partial charge in [-0.2, -0.15) is 5.26 Å². The summed E-state index contributed by atoms with van der Waals surface area (Å²) in [5.74, 6) is 0.0500. The van der Waals surface area contributed by atoms with Crippen LogP contribution in [0.15, 0.2) is 54.6 Å². The number of nitrogens with zero attached hydrogens (tertiary/aromatic N) is 1. The molecule has 0 spiro atoms. The number of nitrogens with one attached hydrogen (secondary N) is 2. The summed E-state index contributed by atoms with van der Waals surface area (Å²) in [6, 6.07) is 17.8. The van der Waals surface area contributed by atoms with E-state index in [2.05, 4.69) is 10.6 Å². The van der Waals surface area contributed by atoms with Crippen molar-refractivity contribution in [3.8, 4) is 11.8 Å². The van der Waals surface area contributed by atoms with Gasteiger partial charge < -0.3 is 15.4 Å². The van der Waals surface area contributed by atoms with Crippen LogP contribution in [0.4, 0.5) is 11.4 Å². The fourth-order valence-corrected chi connectivity index (χ4v) is 1.96. The number of carbonyl (C=O) groups is 2. The maximum Gasteiger partial charge on any atom is 0.238 e. The lowest BCUT2D eigenvalue weighted by Gasteiger charge is -2.12. The summed E-state index contributed by atoms with van der Waals surface area (Å²) < 4.78 is 5.47. The second-order valence-electron chi connectivity index (χ2n) is 4.89. The van der Waals surface area contributed by atoms with Gasteiger partial charge in [0.25, 0.3) is 0 Å². The summed E-state index contributed by atoms with van der Waals surface area (Å²) in [6.07, 6.45) is -0.0669. The molecular formula is C18H17N3O3. The van der Waals surface area contributed by atoms with E-state index in [0.717, 1.165) is 0 Å². The molecule has 0 bridgehead atoms. The number of carbonyl (C=O) groups excluding carboxylic acids is 2. The second-order valence-corrected chi connectivity index (χ2v) is 4.89. The van der Waals surface area contributed by atoms with Crippen LogP contribution in [0.2, 0.25) is 0 Å². The van der Waals surface area contributed by atoms with E-state index in [4.69, 9.17) is 10.00 Å². The van der Waals surface area contributed by atoms with Gasteiger partial charge in [-0.25, -0.2) is 0 Å². The highest BCUT2D eigenvalue weighted by Crippen LogP contribution is 2.21. The molecule has 0 heterocycles. The van der Waals surface area contributed by atoms with Crippen molar-refractivity contribution in [2.24, 2.45) is 0 Å². The highest BCUT2D eigenvalue weighted by Gasteiger charge is 2.09. The number of benzene rings is 2. The molecule has 2 aromatic rings. The average molecular weight is 323 g/mol. The highest BCUT2D eigenvalue weighted by atomic mass is 16.5. The molecule has 2 amide bonds. The SMILES string of the molecule is N#CCC(=O)Nc1ccccc1NC(=O)CCOc1ccccc1. The van der Waals surface area contributed by atoms with Gasteiger partial charge in [0.05, 0.1) is 30.5 Å². The van der Waals surface area contributed by atoms with Crippen LogP contribution in [0.3, 0.4) is 0 Å². The van der Waals surface area contributed by atoms with Crippen LogP contribution >= 0.6 is 0 Å². The third-order valence-electron chi connectivity index (χ3n) is 3.06. The molecule has 6 nitrogen and oxygen atoms in total. The predicted molar refractivity (Wildman–Crippen MR) is 90.5 cm³/mol. The fourth-order valence-electron chi connectivity index (χ4n) is 1.96. The average Bonchev–Trinajstić information content (AvgIpc) is 2.58. The summed E-state index contributed by atoms with van der Waals surface area (Å²) in [7, 11) is 0. The zero-order chi connectivity index (χ0) is 17.2. The van der Waals surface area contributed by atoms with Gasteiger partial charge in [0, 0.05) is 0 Å². The number of anilines is 2. The lowest BCUT2D eigenvalue weighted by Crippen LogP contribution is -2.18. The molecule has 24 heavy (non-hydrogen) atoms. The summed E-state index contributed by atoms with van der Waals surface area (Å²) in [4.78, 5) is 23.5. The minimum absolute atomic E-state index is 0.176. The number of rotatable bonds is 7. The van der Waals surface area contributed by atoms with Gasteiger partial charge >= 0.3 is 0 Å². The molecule has 0 atom stereocenters. The van der Waals surface area contributed by atoms with Crippen LogP contribution in [-0.2, 0) is 9.59 Å². The first-order valence-corrected chi connectivity index (χ1v) is 7.42. The van der Waals surface area contributed by atoms with Gasteiger partial charge in [0.2, 0.25) is 11.8 Å². The molecular weight excluding hydrogens is 306 g/mol. The molecule has 2 N–H and O–H groups in total. The van der Waals surface area contributed by atoms with Gasteiger partial charge in [0.15, 0.2) is 0 Å². The molecule has 6 heteroatoms. The molecule has 0 aliphatic carbocycles. The molecule has 0 saturated heterocycles. The van der Waals surface area contributed by atoms with Crippen LogP contribution in [0.1, 0.15) is 12.8 Å². The van der Waals surface area contributed by atoms with Crippen molar-refractivity contribution in [3.63, 3.8) is 0 Å². The molecule has 0 aliphatic rings. The molecule has 2 aromatic carbocycles. The number of ether oxygens (including phenoxy) is 1. The van der Waals surface area contributed by atoms with Gasteiger partial charge in [-0.3, -0.25) is 9.59 Å². The lowest BCUT2D eigenvalue weighted by molar-refractivity contribution is -0.117. The van der Waals surface area contributed by atoms with E-state index < -0.39 is 5.91 Å². The van der Waals surface area contributed by atoms with Crippen LogP contribution < -0.4 is 15.4 Å². The van der Waals surface area contributed by atoms with Crippen molar-refractivity contribution in [2.75, 3.05) is 17.2 Å². The topological polar surface area (TPSA) is 91.2 Å². The smallest absolute Gasteiger partial charge is 0.238 e. The number of amides is 2. The maximum atomic E-state index is 12.0. The van der Waals surface area contributed by atoms with Crippen molar-refractivity contribution in [3.05, 3.63) is 54.6 Å². The Hall–Kier alpha value is -3.33. The minimum atomic E-state index is -0.424. The Morgan fingerprint density at radius 1 is 0.917 bits per heavy atom. The largest absolute Gasteiger partial charge is 0.493 e. The Kier molecular flexibility index (Phi) is 6.35. The summed E-state index contributed by atoms with van der Waals surface area (Å²) >= 11 is 0. The van der Waals surface area contributed by atoms with Crippen molar-refractivity contribution < 1.29 is 14.3 Å². The molecule has 0 radical (unpaired) electrons. The van der Waals surface area contributed by atoms with E-state index in [1.54, 1.807) is 30.3 Å². The van der Waals surface area contributed by atoms with Crippen molar-refractivity contribution in [2.45, 2.75) is 12.8 Å². The van der Waals surface area contributed by atoms with E-state index in [9.17, 15) is 9.59 Å². The summed E-state index contributed by atoms with van der Waals surface area (Å²) in [5.41, 5.74) is 0.934. The molecule has 0 aromatic heterocycles. The molecule has 0 unspecified atom stereocenters. The third-order valence-corrected chi connectivity index (χ3v) is 3.06. The minimum Gasteiger partial charge on any atom is -0.493 e. The van der Waals surface area contributed by atoms with Crippen molar-refractivity contribution >= 4 is 23.2 Å². The first-order chi connectivity index (χ1) is 11.7. The number of hydrogen-bond acceptors (Lipinski definition) is 4. The monoisotopic (exact) mass is 323 g/mol. The number of para-hydroxylation sites is 3. The Morgan fingerprint density at radius 3 is 2.12 bits per heavy atom. The second kappa shape index (κ2) is 8.96. The van der Waals surface area contributed by atoms with E-state index in [-0.39, 0.29) is 25.4 Å². The quantitative estimate of drug-likeness (QED) is 0.819. The van der Waals surface area contributed by atoms with Gasteiger partial charge in [-0.05, 0) is 24.3 Å². The Balaban J connectivity index is 1.87. The van der Waals surface area contributed by atoms with Gasteiger partial charge in [-0.15, -0.1) is 0 Å². The van der Waals surface area contributed by atoms with E-state index in [0.29, 0.717) is 17.1 Å². The van der Waals surface area contributed by atoms with Crippen molar-refractivity contribution in [1.29, 1.82) is 5.26 Å². The zero-order valence-electron chi connectivity index (χ0n) is 13.0. The first-order valence-electron chi connectivity index (χ1n) is 7.42. The maximum absolute atomic E-state index is 12.0. The normalized spacial score (nSPS) is 9.62. The molecule has 122 valence electrons. The zero-order valence-corrected chi connectivity index (χ0v) is 13.0. The molecule has 0 fully saturated rings. The van der Waals surface area contributed by atoms with E-state index in [1.165, 1.54) is 0 Å². The Morgan fingerprint density at radius 2 is 1.50 bits per heavy atom. The van der Waals surface area contributed by atoms with Gasteiger partial charge in [-0.1, -0.05) is 30.3 Å². The fraction of sp³-hybridized carbons (Fsp3) is 0.167.